The van der Waals surface area contributed by atoms with E-state index in [2.05, 4.69) is 0 Å². The van der Waals surface area contributed by atoms with Crippen LogP contribution < -0.4 is 0 Å². The van der Waals surface area contributed by atoms with Crippen molar-refractivity contribution in [2.45, 2.75) is 6.92 Å². The number of carbonyl (C=O) groups excluding carboxylic acids is 2. The van der Waals surface area contributed by atoms with Crippen molar-refractivity contribution in [3.63, 3.8) is 0 Å². The lowest BCUT2D eigenvalue weighted by molar-refractivity contribution is -0.384. The number of hydrogen-bond acceptors (Lipinski definition) is 4. The van der Waals surface area contributed by atoms with Gasteiger partial charge in [-0.05, 0) is 19.1 Å². The van der Waals surface area contributed by atoms with Gasteiger partial charge in [-0.2, -0.15) is 0 Å². The second kappa shape index (κ2) is 6.47. The Bertz CT molecular complexity index is 318. The Kier molecular flexibility index (Phi) is 5.53. The fraction of sp³-hybridized carbons (Fsp3) is 0.111. The molecular weight excluding hydrogens is 186 g/mol. The first-order chi connectivity index (χ1) is 6.65. The molecule has 14 heavy (non-hydrogen) atoms. The van der Waals surface area contributed by atoms with Gasteiger partial charge in [0.1, 0.15) is 12.6 Å². The van der Waals surface area contributed by atoms with Crippen molar-refractivity contribution in [3.05, 3.63) is 39.9 Å². The molecule has 0 aliphatic rings. The summed E-state index contributed by atoms with van der Waals surface area (Å²) >= 11 is 0. The molecule has 0 spiro atoms. The number of benzene rings is 1. The zero-order valence-corrected chi connectivity index (χ0v) is 7.54. The van der Waals surface area contributed by atoms with E-state index in [1.165, 1.54) is 31.2 Å². The Labute approximate surface area is 80.5 Å². The van der Waals surface area contributed by atoms with Crippen LogP contribution in [0.1, 0.15) is 17.3 Å². The summed E-state index contributed by atoms with van der Waals surface area (Å²) in [6, 6.07) is 5.41. The van der Waals surface area contributed by atoms with E-state index in [0.29, 0.717) is 11.8 Å². The maximum atomic E-state index is 10.1. The highest BCUT2D eigenvalue weighted by atomic mass is 16.6. The molecule has 0 aliphatic carbocycles. The molecule has 5 nitrogen and oxygen atoms in total. The highest BCUT2D eigenvalue weighted by molar-refractivity contribution is 5.75. The second-order valence-corrected chi connectivity index (χ2v) is 2.20. The van der Waals surface area contributed by atoms with E-state index in [1.54, 1.807) is 0 Å². The molecule has 0 saturated carbocycles. The molecule has 1 aromatic rings. The van der Waals surface area contributed by atoms with Gasteiger partial charge in [-0.3, -0.25) is 14.9 Å². The van der Waals surface area contributed by atoms with E-state index in [9.17, 15) is 14.9 Å². The van der Waals surface area contributed by atoms with E-state index in [4.69, 9.17) is 4.79 Å². The summed E-state index contributed by atoms with van der Waals surface area (Å²) < 4.78 is 0. The molecule has 0 radical (unpaired) electrons. The highest BCUT2D eigenvalue weighted by Gasteiger charge is 2.02. The van der Waals surface area contributed by atoms with Gasteiger partial charge in [-0.15, -0.1) is 0 Å². The minimum Gasteiger partial charge on any atom is -0.304 e. The molecule has 0 amide bonds. The van der Waals surface area contributed by atoms with Crippen molar-refractivity contribution in [2.24, 2.45) is 0 Å². The summed E-state index contributed by atoms with van der Waals surface area (Å²) in [6.07, 6.45) is 1.39. The van der Waals surface area contributed by atoms with Crippen molar-refractivity contribution in [1.29, 1.82) is 0 Å². The largest absolute Gasteiger partial charge is 0.304 e. The smallest absolute Gasteiger partial charge is 0.269 e. The van der Waals surface area contributed by atoms with E-state index >= 15 is 0 Å². The van der Waals surface area contributed by atoms with E-state index in [1.807, 2.05) is 0 Å². The van der Waals surface area contributed by atoms with Gasteiger partial charge >= 0.3 is 0 Å². The van der Waals surface area contributed by atoms with E-state index < -0.39 is 4.92 Å². The number of non-ortho nitro benzene ring substituents is 1. The first-order valence-electron chi connectivity index (χ1n) is 3.75. The van der Waals surface area contributed by atoms with Crippen molar-refractivity contribution < 1.29 is 14.5 Å². The Morgan fingerprint density at radius 1 is 1.21 bits per heavy atom. The Morgan fingerprint density at radius 2 is 1.64 bits per heavy atom. The number of rotatable bonds is 2. The number of nitro benzene ring substituents is 1. The van der Waals surface area contributed by atoms with Gasteiger partial charge in [-0.25, -0.2) is 0 Å². The minimum absolute atomic E-state index is 0.00407. The standard InChI is InChI=1S/C7H5NO3.C2H4O/c9-5-6-1-3-7(4-2-6)8(10)11;1-2-3/h1-5H;2H,1H3. The van der Waals surface area contributed by atoms with Gasteiger partial charge in [0.25, 0.3) is 5.69 Å². The first kappa shape index (κ1) is 12.0. The normalized spacial score (nSPS) is 8.07. The van der Waals surface area contributed by atoms with Crippen LogP contribution in [0.4, 0.5) is 5.69 Å². The molecule has 0 saturated heterocycles. The monoisotopic (exact) mass is 195 g/mol. The third kappa shape index (κ3) is 4.10. The van der Waals surface area contributed by atoms with Crippen molar-refractivity contribution in [2.75, 3.05) is 0 Å². The topological polar surface area (TPSA) is 77.3 Å². The van der Waals surface area contributed by atoms with Crippen LogP contribution in [0.25, 0.3) is 0 Å². The molecular formula is C9H9NO4. The van der Waals surface area contributed by atoms with Crippen molar-refractivity contribution >= 4 is 18.3 Å². The molecule has 5 heteroatoms. The SMILES string of the molecule is CC=O.O=Cc1ccc([N+](=O)[O-])cc1. The number of nitro groups is 1. The maximum Gasteiger partial charge on any atom is 0.269 e. The quantitative estimate of drug-likeness (QED) is 0.408. The van der Waals surface area contributed by atoms with Gasteiger partial charge in [-0.1, -0.05) is 0 Å². The number of hydrogen-bond donors (Lipinski definition) is 0. The molecule has 0 heterocycles. The van der Waals surface area contributed by atoms with E-state index in [-0.39, 0.29) is 5.69 Å². The molecule has 0 atom stereocenters. The predicted octanol–water partition coefficient (Wildman–Crippen LogP) is 1.61. The Morgan fingerprint density at radius 3 is 1.93 bits per heavy atom. The third-order valence-corrected chi connectivity index (χ3v) is 1.24. The van der Waals surface area contributed by atoms with Gasteiger partial charge in [0, 0.05) is 17.7 Å². The molecule has 0 bridgehead atoms. The molecule has 0 fully saturated rings. The lowest BCUT2D eigenvalue weighted by Crippen LogP contribution is -1.87. The summed E-state index contributed by atoms with van der Waals surface area (Å²) in [4.78, 5) is 28.5. The molecule has 0 N–H and O–H groups in total. The summed E-state index contributed by atoms with van der Waals surface area (Å²) in [5, 5.41) is 10.1. The van der Waals surface area contributed by atoms with Gasteiger partial charge in [0.2, 0.25) is 0 Å². The Hall–Kier alpha value is -2.04. The van der Waals surface area contributed by atoms with Gasteiger partial charge in [0.15, 0.2) is 0 Å². The fourth-order valence-electron chi connectivity index (χ4n) is 0.675. The summed E-state index contributed by atoms with van der Waals surface area (Å²) in [6.45, 7) is 1.44. The van der Waals surface area contributed by atoms with Gasteiger partial charge in [0.05, 0.1) is 4.92 Å². The van der Waals surface area contributed by atoms with Crippen LogP contribution in [0.15, 0.2) is 24.3 Å². The second-order valence-electron chi connectivity index (χ2n) is 2.20. The average Bonchev–Trinajstić information content (AvgIpc) is 2.19. The van der Waals surface area contributed by atoms with Crippen LogP contribution in [0.2, 0.25) is 0 Å². The number of carbonyl (C=O) groups is 2. The lowest BCUT2D eigenvalue weighted by Gasteiger charge is -1.89. The lowest BCUT2D eigenvalue weighted by atomic mass is 10.2. The Balaban J connectivity index is 0.000000500. The number of aldehydes is 2. The van der Waals surface area contributed by atoms with Crippen LogP contribution in [0.5, 0.6) is 0 Å². The molecule has 0 aromatic heterocycles. The summed E-state index contributed by atoms with van der Waals surface area (Å²) in [5.41, 5.74) is 0.436. The maximum absolute atomic E-state index is 10.1. The fourth-order valence-corrected chi connectivity index (χ4v) is 0.675. The molecule has 1 rings (SSSR count). The molecule has 1 aromatic carbocycles. The third-order valence-electron chi connectivity index (χ3n) is 1.24. The molecule has 74 valence electrons. The predicted molar refractivity (Wildman–Crippen MR) is 50.2 cm³/mol. The zero-order chi connectivity index (χ0) is 11.0. The highest BCUT2D eigenvalue weighted by Crippen LogP contribution is 2.09. The average molecular weight is 195 g/mol. The number of nitrogens with zero attached hydrogens (tertiary/aromatic N) is 1. The summed E-state index contributed by atoms with van der Waals surface area (Å²) in [5.74, 6) is 0. The van der Waals surface area contributed by atoms with Crippen LogP contribution in [-0.2, 0) is 4.79 Å². The van der Waals surface area contributed by atoms with Crippen LogP contribution in [-0.4, -0.2) is 17.5 Å². The molecule has 0 aliphatic heterocycles. The van der Waals surface area contributed by atoms with Crippen LogP contribution in [0.3, 0.4) is 0 Å². The zero-order valence-electron chi connectivity index (χ0n) is 7.54. The van der Waals surface area contributed by atoms with Crippen molar-refractivity contribution in [3.8, 4) is 0 Å². The van der Waals surface area contributed by atoms with Gasteiger partial charge < -0.3 is 4.79 Å². The summed E-state index contributed by atoms with van der Waals surface area (Å²) in [7, 11) is 0. The first-order valence-corrected chi connectivity index (χ1v) is 3.75. The van der Waals surface area contributed by atoms with E-state index in [0.717, 1.165) is 6.29 Å². The van der Waals surface area contributed by atoms with Crippen LogP contribution >= 0.6 is 0 Å². The molecule has 0 unspecified atom stereocenters. The van der Waals surface area contributed by atoms with Crippen LogP contribution in [0, 0.1) is 10.1 Å². The minimum atomic E-state index is -0.505. The van der Waals surface area contributed by atoms with Crippen molar-refractivity contribution in [1.82, 2.24) is 0 Å².